The molecule has 6 nitrogen and oxygen atoms in total. The maximum atomic E-state index is 13.8. The van der Waals surface area contributed by atoms with E-state index in [0.29, 0.717) is 13.2 Å². The second-order valence-corrected chi connectivity index (χ2v) is 6.96. The van der Waals surface area contributed by atoms with Gasteiger partial charge in [-0.1, -0.05) is 24.3 Å². The van der Waals surface area contributed by atoms with Crippen LogP contribution >= 0.6 is 0 Å². The standard InChI is InChI=1S/C21H22FN3O3/c22-16-5-1-2-6-17(16)23-21(27)15-13-20(26)25(14-15)19-8-4-3-7-18(19)24-9-11-28-12-10-24/h1-8,15H,9-14H2,(H,23,27). The summed E-state index contributed by atoms with van der Waals surface area (Å²) in [6.45, 7) is 3.10. The Labute approximate surface area is 162 Å². The van der Waals surface area contributed by atoms with Gasteiger partial charge in [0.05, 0.1) is 36.2 Å². The van der Waals surface area contributed by atoms with Crippen LogP contribution < -0.4 is 15.1 Å². The number of anilines is 3. The number of amides is 2. The molecular weight excluding hydrogens is 361 g/mol. The molecular formula is C21H22FN3O3. The SMILES string of the molecule is O=C(Nc1ccccc1F)C1CC(=O)N(c2ccccc2N2CCOCC2)C1. The molecule has 1 atom stereocenters. The molecule has 0 aromatic heterocycles. The minimum Gasteiger partial charge on any atom is -0.378 e. The van der Waals surface area contributed by atoms with Gasteiger partial charge in [-0.3, -0.25) is 9.59 Å². The lowest BCUT2D eigenvalue weighted by molar-refractivity contribution is -0.122. The summed E-state index contributed by atoms with van der Waals surface area (Å²) < 4.78 is 19.2. The number of nitrogens with one attached hydrogen (secondary N) is 1. The van der Waals surface area contributed by atoms with E-state index in [1.165, 1.54) is 12.1 Å². The maximum Gasteiger partial charge on any atom is 0.229 e. The van der Waals surface area contributed by atoms with Crippen molar-refractivity contribution in [3.63, 3.8) is 0 Å². The molecule has 2 aromatic rings. The number of rotatable bonds is 4. The zero-order valence-corrected chi connectivity index (χ0v) is 15.4. The Morgan fingerprint density at radius 3 is 2.46 bits per heavy atom. The van der Waals surface area contributed by atoms with Crippen LogP contribution in [0.25, 0.3) is 0 Å². The van der Waals surface area contributed by atoms with E-state index in [0.717, 1.165) is 24.5 Å². The van der Waals surface area contributed by atoms with Crippen molar-refractivity contribution in [2.24, 2.45) is 5.92 Å². The summed E-state index contributed by atoms with van der Waals surface area (Å²) in [5.74, 6) is -1.46. The Bertz CT molecular complexity index is 883. The number of benzene rings is 2. The Morgan fingerprint density at radius 2 is 1.71 bits per heavy atom. The lowest BCUT2D eigenvalue weighted by Gasteiger charge is -2.32. The highest BCUT2D eigenvalue weighted by Crippen LogP contribution is 2.34. The van der Waals surface area contributed by atoms with Crippen LogP contribution in [0.5, 0.6) is 0 Å². The fourth-order valence-electron chi connectivity index (χ4n) is 3.68. The summed E-state index contributed by atoms with van der Waals surface area (Å²) in [5.41, 5.74) is 1.90. The van der Waals surface area contributed by atoms with E-state index < -0.39 is 11.7 Å². The van der Waals surface area contributed by atoms with E-state index >= 15 is 0 Å². The third-order valence-corrected chi connectivity index (χ3v) is 5.15. The summed E-state index contributed by atoms with van der Waals surface area (Å²) in [7, 11) is 0. The summed E-state index contributed by atoms with van der Waals surface area (Å²) in [6.07, 6.45) is 0.109. The lowest BCUT2D eigenvalue weighted by Crippen LogP contribution is -2.38. The first-order valence-electron chi connectivity index (χ1n) is 9.41. The molecule has 7 heteroatoms. The van der Waals surface area contributed by atoms with Crippen LogP contribution in [0.2, 0.25) is 0 Å². The number of morpholine rings is 1. The molecule has 2 fully saturated rings. The van der Waals surface area contributed by atoms with Crippen LogP contribution in [0.15, 0.2) is 48.5 Å². The van der Waals surface area contributed by atoms with E-state index in [-0.39, 0.29) is 30.5 Å². The van der Waals surface area contributed by atoms with Gasteiger partial charge in [-0.05, 0) is 24.3 Å². The van der Waals surface area contributed by atoms with Gasteiger partial charge in [0.25, 0.3) is 0 Å². The Hall–Kier alpha value is -2.93. The summed E-state index contributed by atoms with van der Waals surface area (Å²) >= 11 is 0. The van der Waals surface area contributed by atoms with Crippen LogP contribution in [0.3, 0.4) is 0 Å². The zero-order valence-electron chi connectivity index (χ0n) is 15.4. The number of halogens is 1. The molecule has 0 spiro atoms. The van der Waals surface area contributed by atoms with Gasteiger partial charge in [-0.2, -0.15) is 0 Å². The third-order valence-electron chi connectivity index (χ3n) is 5.15. The van der Waals surface area contributed by atoms with Gasteiger partial charge in [-0.25, -0.2) is 4.39 Å². The molecule has 1 N–H and O–H groups in total. The highest BCUT2D eigenvalue weighted by atomic mass is 19.1. The molecule has 0 aliphatic carbocycles. The number of para-hydroxylation sites is 3. The molecule has 4 rings (SSSR count). The fraction of sp³-hybridized carbons (Fsp3) is 0.333. The number of nitrogens with zero attached hydrogens (tertiary/aromatic N) is 2. The van der Waals surface area contributed by atoms with Crippen LogP contribution in [-0.2, 0) is 14.3 Å². The third kappa shape index (κ3) is 3.71. The number of ether oxygens (including phenoxy) is 1. The molecule has 2 aliphatic heterocycles. The van der Waals surface area contributed by atoms with E-state index in [1.54, 1.807) is 17.0 Å². The average Bonchev–Trinajstić information content (AvgIpc) is 3.12. The number of carbonyl (C=O) groups is 2. The molecule has 2 aromatic carbocycles. The second kappa shape index (κ2) is 7.98. The molecule has 0 saturated carbocycles. The minimum absolute atomic E-state index is 0.102. The first kappa shape index (κ1) is 18.4. The van der Waals surface area contributed by atoms with E-state index in [1.807, 2.05) is 24.3 Å². The molecule has 28 heavy (non-hydrogen) atoms. The molecule has 2 amide bonds. The predicted molar refractivity (Wildman–Crippen MR) is 105 cm³/mol. The van der Waals surface area contributed by atoms with Gasteiger partial charge in [0.2, 0.25) is 11.8 Å². The number of hydrogen-bond acceptors (Lipinski definition) is 4. The van der Waals surface area contributed by atoms with Crippen LogP contribution in [0.4, 0.5) is 21.5 Å². The molecule has 2 heterocycles. The van der Waals surface area contributed by atoms with Crippen molar-refractivity contribution in [1.29, 1.82) is 0 Å². The van der Waals surface area contributed by atoms with Crippen LogP contribution in [0, 0.1) is 11.7 Å². The monoisotopic (exact) mass is 383 g/mol. The predicted octanol–water partition coefficient (Wildman–Crippen LogP) is 2.65. The van der Waals surface area contributed by atoms with E-state index in [2.05, 4.69) is 10.2 Å². The molecule has 2 saturated heterocycles. The number of carbonyl (C=O) groups excluding carboxylic acids is 2. The zero-order chi connectivity index (χ0) is 19.5. The van der Waals surface area contributed by atoms with Crippen molar-refractivity contribution >= 4 is 28.9 Å². The fourth-order valence-corrected chi connectivity index (χ4v) is 3.68. The highest BCUT2D eigenvalue weighted by Gasteiger charge is 2.36. The highest BCUT2D eigenvalue weighted by molar-refractivity contribution is 6.05. The van der Waals surface area contributed by atoms with Crippen molar-refractivity contribution in [3.8, 4) is 0 Å². The van der Waals surface area contributed by atoms with Gasteiger partial charge >= 0.3 is 0 Å². The van der Waals surface area contributed by atoms with Crippen molar-refractivity contribution in [3.05, 3.63) is 54.3 Å². The van der Waals surface area contributed by atoms with E-state index in [9.17, 15) is 14.0 Å². The van der Waals surface area contributed by atoms with Gasteiger partial charge in [-0.15, -0.1) is 0 Å². The summed E-state index contributed by atoms with van der Waals surface area (Å²) in [4.78, 5) is 29.1. The lowest BCUT2D eigenvalue weighted by atomic mass is 10.1. The molecule has 0 bridgehead atoms. The Kier molecular flexibility index (Phi) is 5.25. The smallest absolute Gasteiger partial charge is 0.229 e. The van der Waals surface area contributed by atoms with E-state index in [4.69, 9.17) is 4.74 Å². The largest absolute Gasteiger partial charge is 0.378 e. The van der Waals surface area contributed by atoms with Crippen molar-refractivity contribution < 1.29 is 18.7 Å². The Balaban J connectivity index is 1.51. The molecule has 0 radical (unpaired) electrons. The summed E-state index contributed by atoms with van der Waals surface area (Å²) in [5, 5.41) is 2.60. The van der Waals surface area contributed by atoms with Gasteiger partial charge in [0.1, 0.15) is 5.82 Å². The molecule has 2 aliphatic rings. The van der Waals surface area contributed by atoms with Crippen molar-refractivity contribution in [2.75, 3.05) is 48.0 Å². The quantitative estimate of drug-likeness (QED) is 0.882. The summed E-state index contributed by atoms with van der Waals surface area (Å²) in [6, 6.07) is 13.7. The second-order valence-electron chi connectivity index (χ2n) is 6.96. The topological polar surface area (TPSA) is 61.9 Å². The molecule has 1 unspecified atom stereocenters. The first-order valence-corrected chi connectivity index (χ1v) is 9.41. The van der Waals surface area contributed by atoms with Crippen LogP contribution in [-0.4, -0.2) is 44.7 Å². The molecule has 146 valence electrons. The number of hydrogen-bond donors (Lipinski definition) is 1. The van der Waals surface area contributed by atoms with Crippen molar-refractivity contribution in [2.45, 2.75) is 6.42 Å². The van der Waals surface area contributed by atoms with Gasteiger partial charge in [0, 0.05) is 26.1 Å². The van der Waals surface area contributed by atoms with Crippen molar-refractivity contribution in [1.82, 2.24) is 0 Å². The maximum absolute atomic E-state index is 13.8. The average molecular weight is 383 g/mol. The van der Waals surface area contributed by atoms with Gasteiger partial charge < -0.3 is 19.9 Å². The van der Waals surface area contributed by atoms with Gasteiger partial charge in [0.15, 0.2) is 0 Å². The van der Waals surface area contributed by atoms with Crippen LogP contribution in [0.1, 0.15) is 6.42 Å². The Morgan fingerprint density at radius 1 is 1.04 bits per heavy atom. The normalized spacial score (nSPS) is 19.8. The first-order chi connectivity index (χ1) is 13.6. The minimum atomic E-state index is -0.523.